The second-order valence-electron chi connectivity index (χ2n) is 7.32. The van der Waals surface area contributed by atoms with Gasteiger partial charge in [-0.2, -0.15) is 0 Å². The Balaban J connectivity index is 1.60. The van der Waals surface area contributed by atoms with Gasteiger partial charge >= 0.3 is 0 Å². The highest BCUT2D eigenvalue weighted by Gasteiger charge is 2.61. The van der Waals surface area contributed by atoms with E-state index in [-0.39, 0.29) is 31.3 Å². The molecule has 4 rings (SSSR count). The van der Waals surface area contributed by atoms with Gasteiger partial charge in [-0.1, -0.05) is 18.2 Å². The van der Waals surface area contributed by atoms with E-state index in [4.69, 9.17) is 0 Å². The summed E-state index contributed by atoms with van der Waals surface area (Å²) in [7, 11) is -3.40. The molecular formula is C17H22F2N2O2S. The first kappa shape index (κ1) is 16.3. The normalized spacial score (nSPS) is 30.8. The van der Waals surface area contributed by atoms with E-state index in [1.807, 2.05) is 35.2 Å². The molecule has 1 aromatic rings. The third-order valence-electron chi connectivity index (χ3n) is 5.71. The van der Waals surface area contributed by atoms with E-state index in [1.165, 1.54) is 4.31 Å². The Kier molecular flexibility index (Phi) is 3.66. The third-order valence-corrected chi connectivity index (χ3v) is 8.06. The molecule has 0 aromatic heterocycles. The van der Waals surface area contributed by atoms with E-state index in [1.54, 1.807) is 0 Å². The SMILES string of the molecule is O=S(=O)(C1CC1)N1CCC(F)(F)[C@]2(CCN(c3ccccc3)C2)C1. The maximum Gasteiger partial charge on any atom is 0.257 e. The number of hydrogen-bond donors (Lipinski definition) is 0. The lowest BCUT2D eigenvalue weighted by Crippen LogP contribution is -2.58. The Morgan fingerprint density at radius 3 is 2.38 bits per heavy atom. The molecule has 1 aliphatic carbocycles. The average molecular weight is 356 g/mol. The third kappa shape index (κ3) is 2.52. The molecule has 3 fully saturated rings. The molecule has 0 N–H and O–H groups in total. The van der Waals surface area contributed by atoms with E-state index < -0.39 is 21.4 Å². The molecule has 2 saturated heterocycles. The lowest BCUT2D eigenvalue weighted by atomic mass is 9.76. The molecule has 2 heterocycles. The van der Waals surface area contributed by atoms with Crippen molar-refractivity contribution >= 4 is 15.7 Å². The zero-order valence-electron chi connectivity index (χ0n) is 13.5. The molecule has 1 atom stereocenters. The minimum absolute atomic E-state index is 0.0534. The van der Waals surface area contributed by atoms with Crippen LogP contribution in [0.4, 0.5) is 14.5 Å². The summed E-state index contributed by atoms with van der Waals surface area (Å²) in [4.78, 5) is 1.96. The highest BCUT2D eigenvalue weighted by atomic mass is 32.2. The van der Waals surface area contributed by atoms with Crippen molar-refractivity contribution in [3.8, 4) is 0 Å². The highest BCUT2D eigenvalue weighted by Crippen LogP contribution is 2.51. The van der Waals surface area contributed by atoms with Gasteiger partial charge in [0.15, 0.2) is 0 Å². The Morgan fingerprint density at radius 2 is 1.71 bits per heavy atom. The molecule has 0 radical (unpaired) electrons. The number of para-hydroxylation sites is 1. The molecule has 1 aromatic carbocycles. The first-order valence-corrected chi connectivity index (χ1v) is 10.0. The highest BCUT2D eigenvalue weighted by molar-refractivity contribution is 7.90. The predicted octanol–water partition coefficient (Wildman–Crippen LogP) is 2.72. The smallest absolute Gasteiger partial charge is 0.257 e. The maximum absolute atomic E-state index is 14.8. The average Bonchev–Trinajstić information content (AvgIpc) is 3.33. The fraction of sp³-hybridized carbons (Fsp3) is 0.647. The van der Waals surface area contributed by atoms with E-state index in [9.17, 15) is 17.2 Å². The molecule has 0 unspecified atom stereocenters. The second kappa shape index (κ2) is 5.39. The minimum atomic E-state index is -3.40. The van der Waals surface area contributed by atoms with Gasteiger partial charge in [-0.05, 0) is 31.4 Å². The van der Waals surface area contributed by atoms with Gasteiger partial charge in [0.05, 0.1) is 10.7 Å². The van der Waals surface area contributed by atoms with Crippen LogP contribution in [-0.4, -0.2) is 50.1 Å². The first-order valence-electron chi connectivity index (χ1n) is 8.51. The van der Waals surface area contributed by atoms with Gasteiger partial charge in [0, 0.05) is 38.3 Å². The second-order valence-corrected chi connectivity index (χ2v) is 9.53. The number of piperidine rings is 1. The van der Waals surface area contributed by atoms with E-state index in [0.717, 1.165) is 5.69 Å². The molecule has 1 saturated carbocycles. The molecule has 0 amide bonds. The topological polar surface area (TPSA) is 40.6 Å². The Bertz CT molecular complexity index is 721. The van der Waals surface area contributed by atoms with Crippen molar-refractivity contribution in [3.05, 3.63) is 30.3 Å². The van der Waals surface area contributed by atoms with Gasteiger partial charge in [0.1, 0.15) is 0 Å². The number of alkyl halides is 2. The maximum atomic E-state index is 14.8. The van der Waals surface area contributed by atoms with Crippen LogP contribution in [0, 0.1) is 5.41 Å². The van der Waals surface area contributed by atoms with Gasteiger partial charge < -0.3 is 4.90 Å². The Morgan fingerprint density at radius 1 is 1.00 bits per heavy atom. The first-order chi connectivity index (χ1) is 11.3. The fourth-order valence-electron chi connectivity index (χ4n) is 4.02. The van der Waals surface area contributed by atoms with Crippen molar-refractivity contribution in [2.45, 2.75) is 36.9 Å². The zero-order valence-corrected chi connectivity index (χ0v) is 14.3. The summed E-state index contributed by atoms with van der Waals surface area (Å²) in [6.45, 7) is 0.638. The van der Waals surface area contributed by atoms with E-state index in [2.05, 4.69) is 0 Å². The zero-order chi connectivity index (χ0) is 17.0. The van der Waals surface area contributed by atoms with E-state index in [0.29, 0.717) is 25.8 Å². The molecule has 1 spiro atoms. The van der Waals surface area contributed by atoms with Gasteiger partial charge in [-0.15, -0.1) is 0 Å². The van der Waals surface area contributed by atoms with Crippen molar-refractivity contribution in [1.82, 2.24) is 4.31 Å². The summed E-state index contributed by atoms with van der Waals surface area (Å²) in [5.41, 5.74) is -0.351. The molecular weight excluding hydrogens is 334 g/mol. The summed E-state index contributed by atoms with van der Waals surface area (Å²) in [5.74, 6) is -2.83. The molecule has 132 valence electrons. The number of rotatable bonds is 3. The lowest BCUT2D eigenvalue weighted by Gasteiger charge is -2.45. The van der Waals surface area contributed by atoms with Crippen LogP contribution >= 0.6 is 0 Å². The Hall–Kier alpha value is -1.21. The largest absolute Gasteiger partial charge is 0.371 e. The van der Waals surface area contributed by atoms with Crippen LogP contribution in [0.2, 0.25) is 0 Å². The molecule has 3 aliphatic rings. The summed E-state index contributed by atoms with van der Waals surface area (Å²) in [6, 6.07) is 9.51. The number of benzene rings is 1. The summed E-state index contributed by atoms with van der Waals surface area (Å²) in [6.07, 6.45) is 1.28. The summed E-state index contributed by atoms with van der Waals surface area (Å²) in [5, 5.41) is -0.340. The fourth-order valence-corrected chi connectivity index (χ4v) is 5.94. The van der Waals surface area contributed by atoms with Crippen LogP contribution in [0.3, 0.4) is 0 Å². The number of sulfonamides is 1. The van der Waals surface area contributed by atoms with Crippen LogP contribution in [0.5, 0.6) is 0 Å². The molecule has 0 bridgehead atoms. The van der Waals surface area contributed by atoms with Gasteiger partial charge in [0.25, 0.3) is 5.92 Å². The van der Waals surface area contributed by atoms with Crippen LogP contribution in [0.1, 0.15) is 25.7 Å². The molecule has 7 heteroatoms. The van der Waals surface area contributed by atoms with Crippen molar-refractivity contribution < 1.29 is 17.2 Å². The van der Waals surface area contributed by atoms with Crippen LogP contribution < -0.4 is 4.90 Å². The number of nitrogens with zero attached hydrogens (tertiary/aromatic N) is 2. The Labute approximate surface area is 141 Å². The number of anilines is 1. The quantitative estimate of drug-likeness (QED) is 0.836. The van der Waals surface area contributed by atoms with E-state index >= 15 is 0 Å². The van der Waals surface area contributed by atoms with Crippen molar-refractivity contribution in [1.29, 1.82) is 0 Å². The van der Waals surface area contributed by atoms with Gasteiger partial charge in [-0.3, -0.25) is 0 Å². The van der Waals surface area contributed by atoms with Crippen molar-refractivity contribution in [2.75, 3.05) is 31.1 Å². The number of hydrogen-bond acceptors (Lipinski definition) is 3. The van der Waals surface area contributed by atoms with Crippen LogP contribution in [0.25, 0.3) is 0 Å². The minimum Gasteiger partial charge on any atom is -0.371 e. The molecule has 24 heavy (non-hydrogen) atoms. The van der Waals surface area contributed by atoms with Gasteiger partial charge in [-0.25, -0.2) is 21.5 Å². The van der Waals surface area contributed by atoms with Crippen molar-refractivity contribution in [3.63, 3.8) is 0 Å². The molecule has 4 nitrogen and oxygen atoms in total. The lowest BCUT2D eigenvalue weighted by molar-refractivity contribution is -0.145. The summed E-state index contributed by atoms with van der Waals surface area (Å²) >= 11 is 0. The summed E-state index contributed by atoms with van der Waals surface area (Å²) < 4.78 is 55.9. The predicted molar refractivity (Wildman–Crippen MR) is 88.8 cm³/mol. The van der Waals surface area contributed by atoms with Crippen LogP contribution in [0.15, 0.2) is 30.3 Å². The number of halogens is 2. The van der Waals surface area contributed by atoms with Gasteiger partial charge in [0.2, 0.25) is 10.0 Å². The van der Waals surface area contributed by atoms with Crippen molar-refractivity contribution in [2.24, 2.45) is 5.41 Å². The van der Waals surface area contributed by atoms with Crippen LogP contribution in [-0.2, 0) is 10.0 Å². The monoisotopic (exact) mass is 356 g/mol. The molecule has 2 aliphatic heterocycles. The standard InChI is InChI=1S/C17H22F2N2O2S/c18-17(19)9-11-21(24(22,23)15-6-7-15)13-16(17)8-10-20(12-16)14-4-2-1-3-5-14/h1-5,15H,6-13H2/t16-/m0/s1.